The Morgan fingerprint density at radius 3 is 1.94 bits per heavy atom. The van der Waals surface area contributed by atoms with E-state index in [9.17, 15) is 0 Å². The maximum Gasteiger partial charge on any atom is 0.0466 e. The minimum atomic E-state index is 0. The molecule has 4 nitrogen and oxygen atoms in total. The van der Waals surface area contributed by atoms with Crippen molar-refractivity contribution in [3.63, 3.8) is 0 Å². The van der Waals surface area contributed by atoms with Crippen LogP contribution in [0.2, 0.25) is 0 Å². The lowest BCUT2D eigenvalue weighted by molar-refractivity contribution is 0.198. The normalized spacial score (nSPS) is 11.9. The van der Waals surface area contributed by atoms with E-state index in [1.54, 1.807) is 0 Å². The maximum atomic E-state index is 7.73. The molecule has 0 saturated carbocycles. The van der Waals surface area contributed by atoms with Crippen molar-refractivity contribution in [2.24, 2.45) is 5.11 Å². The number of hydrogen-bond donors (Lipinski definition) is 2. The summed E-state index contributed by atoms with van der Waals surface area (Å²) in [6, 6.07) is 0. The van der Waals surface area contributed by atoms with Crippen LogP contribution in [0, 0.1) is 0 Å². The van der Waals surface area contributed by atoms with Crippen molar-refractivity contribution in [1.82, 2.24) is 0 Å². The van der Waals surface area contributed by atoms with Gasteiger partial charge in [0.1, 0.15) is 0 Å². The van der Waals surface area contributed by atoms with Crippen molar-refractivity contribution in [3.8, 4) is 0 Å². The summed E-state index contributed by atoms with van der Waals surface area (Å²) in [5.41, 5.74) is 7.73. The Morgan fingerprint density at radius 1 is 1.17 bits per heavy atom. The monoisotopic (exact) mass is 315 g/mol. The molecule has 1 rings (SSSR count). The number of hydrogen-bond acceptors (Lipinski definition) is 4. The van der Waals surface area contributed by atoms with E-state index >= 15 is 0 Å². The predicted molar refractivity (Wildman–Crippen MR) is 88.5 cm³/mol. The zero-order valence-corrected chi connectivity index (χ0v) is 12.6. The summed E-state index contributed by atoms with van der Waals surface area (Å²) in [7, 11) is 0. The third-order valence-electron chi connectivity index (χ3n) is 1.60. The van der Waals surface area contributed by atoms with E-state index in [0.717, 1.165) is 43.4 Å². The highest BCUT2D eigenvalue weighted by Gasteiger charge is 1.94. The molecule has 18 heavy (non-hydrogen) atoms. The number of rotatable bonds is 5. The lowest BCUT2D eigenvalue weighted by Gasteiger charge is -1.80. The Balaban J connectivity index is -0.000000186. The molecule has 1 fully saturated rings. The van der Waals surface area contributed by atoms with Gasteiger partial charge in [-0.25, -0.2) is 0 Å². The molecule has 0 atom stereocenters. The standard InChI is InChI=1S/C4H8O.C3H7ClS.C3H7N3S.CH4/c1-2-4-5-3-1;4-2-1-3-5;4-6-5-2-1-3-7;/h1-4H2;5H,1-3H2;7H,1-3H2;1H4. The van der Waals surface area contributed by atoms with Gasteiger partial charge in [-0.05, 0) is 42.7 Å². The summed E-state index contributed by atoms with van der Waals surface area (Å²) >= 11 is 13.1. The quantitative estimate of drug-likeness (QED) is 0.191. The van der Waals surface area contributed by atoms with Crippen LogP contribution in [0.3, 0.4) is 0 Å². The van der Waals surface area contributed by atoms with Gasteiger partial charge in [0.2, 0.25) is 0 Å². The smallest absolute Gasteiger partial charge is 0.0466 e. The van der Waals surface area contributed by atoms with Gasteiger partial charge in [-0.2, -0.15) is 25.3 Å². The summed E-state index contributed by atoms with van der Waals surface area (Å²) in [4.78, 5) is 2.56. The average Bonchev–Trinajstić information content (AvgIpc) is 2.90. The second kappa shape index (κ2) is 26.0. The highest BCUT2D eigenvalue weighted by molar-refractivity contribution is 7.80. The first-order valence-corrected chi connectivity index (χ1v) is 7.49. The van der Waals surface area contributed by atoms with Gasteiger partial charge in [-0.3, -0.25) is 0 Å². The minimum absolute atomic E-state index is 0. The van der Waals surface area contributed by atoms with Crippen molar-refractivity contribution in [2.45, 2.75) is 33.1 Å². The molecule has 110 valence electrons. The van der Waals surface area contributed by atoms with Crippen LogP contribution >= 0.6 is 36.9 Å². The molecule has 1 aliphatic heterocycles. The first kappa shape index (κ1) is 23.4. The van der Waals surface area contributed by atoms with E-state index in [4.69, 9.17) is 21.9 Å². The molecule has 0 radical (unpaired) electrons. The zero-order valence-electron chi connectivity index (χ0n) is 10.1. The Bertz CT molecular complexity index is 168. The minimum Gasteiger partial charge on any atom is -0.381 e. The fourth-order valence-corrected chi connectivity index (χ4v) is 1.38. The lowest BCUT2D eigenvalue weighted by atomic mass is 10.4. The van der Waals surface area contributed by atoms with Crippen LogP contribution < -0.4 is 0 Å². The first-order chi connectivity index (χ1) is 8.33. The van der Waals surface area contributed by atoms with Gasteiger partial charge >= 0.3 is 0 Å². The van der Waals surface area contributed by atoms with Crippen molar-refractivity contribution >= 4 is 36.9 Å². The summed E-state index contributed by atoms with van der Waals surface area (Å²) < 4.78 is 4.94. The molecular formula is C11H26ClN3OS2. The molecule has 0 unspecified atom stereocenters. The van der Waals surface area contributed by atoms with E-state index in [2.05, 4.69) is 35.3 Å². The number of thiol groups is 2. The molecule has 0 aromatic rings. The van der Waals surface area contributed by atoms with Crippen LogP contribution in [0.15, 0.2) is 5.11 Å². The Hall–Kier alpha value is 0.260. The van der Waals surface area contributed by atoms with Gasteiger partial charge in [0.05, 0.1) is 0 Å². The molecule has 0 amide bonds. The number of azide groups is 1. The molecule has 0 aromatic heterocycles. The topological polar surface area (TPSA) is 58.0 Å². The Labute approximate surface area is 127 Å². The zero-order chi connectivity index (χ0) is 13.2. The second-order valence-corrected chi connectivity index (χ2v) is 4.39. The van der Waals surface area contributed by atoms with Crippen LogP contribution in [-0.4, -0.2) is 37.1 Å². The van der Waals surface area contributed by atoms with Gasteiger partial charge in [0.15, 0.2) is 0 Å². The molecule has 0 aromatic carbocycles. The molecular weight excluding hydrogens is 290 g/mol. The maximum absolute atomic E-state index is 7.73. The van der Waals surface area contributed by atoms with Crippen molar-refractivity contribution < 1.29 is 4.74 Å². The molecule has 1 heterocycles. The van der Waals surface area contributed by atoms with E-state index in [1.165, 1.54) is 12.8 Å². The SMILES string of the molecule is C.C1CCOC1.SCCCCl.[N-]=[N+]=NCCCS. The van der Waals surface area contributed by atoms with Crippen LogP contribution in [-0.2, 0) is 4.74 Å². The summed E-state index contributed by atoms with van der Waals surface area (Å²) in [5, 5.41) is 3.29. The molecule has 7 heteroatoms. The molecule has 1 aliphatic rings. The van der Waals surface area contributed by atoms with E-state index < -0.39 is 0 Å². The van der Waals surface area contributed by atoms with Crippen LogP contribution in [0.5, 0.6) is 0 Å². The number of alkyl halides is 1. The number of nitrogens with zero attached hydrogens (tertiary/aromatic N) is 3. The number of halogens is 1. The highest BCUT2D eigenvalue weighted by atomic mass is 35.5. The van der Waals surface area contributed by atoms with Gasteiger partial charge in [0, 0.05) is 30.6 Å². The average molecular weight is 316 g/mol. The molecule has 0 bridgehead atoms. The third kappa shape index (κ3) is 29.9. The molecule has 0 N–H and O–H groups in total. The Kier molecular flexibility index (Phi) is 33.7. The summed E-state index contributed by atoms with van der Waals surface area (Å²) in [6.07, 6.45) is 4.44. The third-order valence-corrected chi connectivity index (χ3v) is 2.50. The van der Waals surface area contributed by atoms with Crippen molar-refractivity contribution in [1.29, 1.82) is 0 Å². The van der Waals surface area contributed by atoms with Gasteiger partial charge < -0.3 is 4.74 Å². The number of ether oxygens (including phenoxy) is 1. The van der Waals surface area contributed by atoms with Gasteiger partial charge in [-0.15, -0.1) is 11.6 Å². The van der Waals surface area contributed by atoms with Crippen LogP contribution in [0.1, 0.15) is 33.1 Å². The lowest BCUT2D eigenvalue weighted by Crippen LogP contribution is -1.76. The summed E-state index contributed by atoms with van der Waals surface area (Å²) in [5.74, 6) is 2.44. The van der Waals surface area contributed by atoms with Gasteiger partial charge in [0.25, 0.3) is 0 Å². The van der Waals surface area contributed by atoms with Crippen LogP contribution in [0.4, 0.5) is 0 Å². The van der Waals surface area contributed by atoms with Crippen molar-refractivity contribution in [2.75, 3.05) is 37.1 Å². The predicted octanol–water partition coefficient (Wildman–Crippen LogP) is 4.59. The van der Waals surface area contributed by atoms with Gasteiger partial charge in [-0.1, -0.05) is 12.5 Å². The van der Waals surface area contributed by atoms with Crippen molar-refractivity contribution in [3.05, 3.63) is 10.4 Å². The van der Waals surface area contributed by atoms with Crippen LogP contribution in [0.25, 0.3) is 10.4 Å². The Morgan fingerprint density at radius 2 is 1.72 bits per heavy atom. The second-order valence-electron chi connectivity index (χ2n) is 3.12. The summed E-state index contributed by atoms with van der Waals surface area (Å²) in [6.45, 7) is 2.57. The largest absolute Gasteiger partial charge is 0.381 e. The molecule has 0 spiro atoms. The molecule has 0 aliphatic carbocycles. The first-order valence-electron chi connectivity index (χ1n) is 5.69. The fraction of sp³-hybridized carbons (Fsp3) is 1.00. The van der Waals surface area contributed by atoms with E-state index in [1.807, 2.05) is 0 Å². The van der Waals surface area contributed by atoms with E-state index in [-0.39, 0.29) is 7.43 Å². The van der Waals surface area contributed by atoms with E-state index in [0.29, 0.717) is 6.54 Å². The molecule has 1 saturated heterocycles. The highest BCUT2D eigenvalue weighted by Crippen LogP contribution is 1.98. The fourth-order valence-electron chi connectivity index (χ4n) is 0.756.